The first kappa shape index (κ1) is 12.2. The van der Waals surface area contributed by atoms with Crippen LogP contribution in [-0.2, 0) is 0 Å². The van der Waals surface area contributed by atoms with Gasteiger partial charge in [-0.3, -0.25) is 4.79 Å². The molecule has 3 rings (SSSR count). The Morgan fingerprint density at radius 3 is 2.78 bits per heavy atom. The van der Waals surface area contributed by atoms with Crippen molar-refractivity contribution in [1.82, 2.24) is 0 Å². The Labute approximate surface area is 114 Å². The Bertz CT molecular complexity index is 480. The minimum atomic E-state index is 0.273. The number of fused-ring (bicyclic) bond motifs is 2. The largest absolute Gasteiger partial charge is 0.294 e. The molecule has 2 fully saturated rings. The quantitative estimate of drug-likeness (QED) is 0.724. The van der Waals surface area contributed by atoms with Crippen LogP contribution in [0.2, 0.25) is 5.02 Å². The molecule has 18 heavy (non-hydrogen) atoms. The number of carbonyl (C=O) groups is 1. The molecule has 2 aliphatic carbocycles. The van der Waals surface area contributed by atoms with Gasteiger partial charge >= 0.3 is 0 Å². The second kappa shape index (κ2) is 4.70. The molecule has 3 atom stereocenters. The molecular formula is C16H19ClO. The first-order chi connectivity index (χ1) is 8.63. The van der Waals surface area contributed by atoms with E-state index in [0.717, 1.165) is 29.4 Å². The van der Waals surface area contributed by atoms with E-state index >= 15 is 0 Å². The van der Waals surface area contributed by atoms with Gasteiger partial charge in [0.1, 0.15) is 0 Å². The highest BCUT2D eigenvalue weighted by Gasteiger charge is 2.40. The van der Waals surface area contributed by atoms with E-state index < -0.39 is 0 Å². The van der Waals surface area contributed by atoms with Crippen LogP contribution in [0.15, 0.2) is 18.2 Å². The van der Waals surface area contributed by atoms with Crippen molar-refractivity contribution < 1.29 is 4.79 Å². The lowest BCUT2D eigenvalue weighted by Crippen LogP contribution is -2.15. The van der Waals surface area contributed by atoms with Crippen molar-refractivity contribution in [2.24, 2.45) is 17.8 Å². The van der Waals surface area contributed by atoms with Gasteiger partial charge in [-0.1, -0.05) is 30.2 Å². The summed E-state index contributed by atoms with van der Waals surface area (Å²) in [6.45, 7) is 1.96. The third-order valence-corrected chi connectivity index (χ3v) is 5.23. The Morgan fingerprint density at radius 2 is 2.17 bits per heavy atom. The first-order valence-electron chi connectivity index (χ1n) is 6.93. The summed E-state index contributed by atoms with van der Waals surface area (Å²) in [5.74, 6) is 2.64. The highest BCUT2D eigenvalue weighted by molar-refractivity contribution is 6.31. The maximum absolute atomic E-state index is 12.3. The van der Waals surface area contributed by atoms with Crippen LogP contribution in [0.4, 0.5) is 0 Å². The summed E-state index contributed by atoms with van der Waals surface area (Å²) < 4.78 is 0. The fraction of sp³-hybridized carbons (Fsp3) is 0.562. The van der Waals surface area contributed by atoms with Crippen LogP contribution in [0.25, 0.3) is 0 Å². The van der Waals surface area contributed by atoms with E-state index in [4.69, 9.17) is 11.6 Å². The highest BCUT2D eigenvalue weighted by Crippen LogP contribution is 2.49. The summed E-state index contributed by atoms with van der Waals surface area (Å²) in [5.41, 5.74) is 1.82. The van der Waals surface area contributed by atoms with Gasteiger partial charge in [0.15, 0.2) is 5.78 Å². The van der Waals surface area contributed by atoms with E-state index in [1.165, 1.54) is 25.7 Å². The van der Waals surface area contributed by atoms with Gasteiger partial charge in [-0.2, -0.15) is 0 Å². The summed E-state index contributed by atoms with van der Waals surface area (Å²) >= 11 is 6.09. The monoisotopic (exact) mass is 262 g/mol. The third-order valence-electron chi connectivity index (χ3n) is 4.83. The zero-order valence-corrected chi connectivity index (χ0v) is 11.5. The van der Waals surface area contributed by atoms with Crippen molar-refractivity contribution in [1.29, 1.82) is 0 Å². The van der Waals surface area contributed by atoms with Crippen LogP contribution in [0.5, 0.6) is 0 Å². The lowest BCUT2D eigenvalue weighted by Gasteiger charge is -2.20. The van der Waals surface area contributed by atoms with Crippen LogP contribution in [0.3, 0.4) is 0 Å². The summed E-state index contributed by atoms with van der Waals surface area (Å²) in [5, 5.41) is 0.703. The molecule has 2 aliphatic rings. The molecule has 0 saturated heterocycles. The van der Waals surface area contributed by atoms with Crippen LogP contribution >= 0.6 is 11.6 Å². The van der Waals surface area contributed by atoms with E-state index in [1.54, 1.807) is 0 Å². The van der Waals surface area contributed by atoms with Crippen LogP contribution in [-0.4, -0.2) is 5.78 Å². The lowest BCUT2D eigenvalue weighted by atomic mass is 9.84. The van der Waals surface area contributed by atoms with Gasteiger partial charge in [0.2, 0.25) is 0 Å². The van der Waals surface area contributed by atoms with Crippen molar-refractivity contribution in [3.05, 3.63) is 34.3 Å². The number of hydrogen-bond acceptors (Lipinski definition) is 1. The molecule has 0 amide bonds. The summed E-state index contributed by atoms with van der Waals surface area (Å²) in [6, 6.07) is 5.68. The normalized spacial score (nSPS) is 29.8. The average molecular weight is 263 g/mol. The molecule has 1 aromatic carbocycles. The summed E-state index contributed by atoms with van der Waals surface area (Å²) in [4.78, 5) is 12.3. The van der Waals surface area contributed by atoms with Gasteiger partial charge in [0.25, 0.3) is 0 Å². The van der Waals surface area contributed by atoms with E-state index in [9.17, 15) is 4.79 Å². The predicted octanol–water partition coefficient (Wildman–Crippen LogP) is 4.66. The predicted molar refractivity (Wildman–Crippen MR) is 74.1 cm³/mol. The molecular weight excluding hydrogens is 244 g/mol. The number of carbonyl (C=O) groups excluding carboxylic acids is 1. The molecule has 2 bridgehead atoms. The maximum Gasteiger partial charge on any atom is 0.163 e. The number of benzene rings is 1. The Kier molecular flexibility index (Phi) is 3.19. The van der Waals surface area contributed by atoms with E-state index in [-0.39, 0.29) is 5.78 Å². The molecule has 2 saturated carbocycles. The van der Waals surface area contributed by atoms with Gasteiger partial charge in [-0.05, 0) is 55.6 Å². The minimum Gasteiger partial charge on any atom is -0.294 e. The van der Waals surface area contributed by atoms with Crippen LogP contribution in [0.1, 0.15) is 48.0 Å². The zero-order chi connectivity index (χ0) is 12.7. The average Bonchev–Trinajstić information content (AvgIpc) is 2.94. The number of rotatable bonds is 3. The third kappa shape index (κ3) is 2.21. The maximum atomic E-state index is 12.3. The van der Waals surface area contributed by atoms with E-state index in [2.05, 4.69) is 0 Å². The van der Waals surface area contributed by atoms with Crippen molar-refractivity contribution in [2.75, 3.05) is 0 Å². The molecule has 96 valence electrons. The number of halogens is 1. The molecule has 0 aliphatic heterocycles. The standard InChI is InChI=1S/C16H19ClO/c1-10-2-4-13(8-15(10)17)16(18)9-14-7-11-3-5-12(14)6-11/h2,4,8,11-12,14H,3,5-7,9H2,1H3. The molecule has 0 N–H and O–H groups in total. The van der Waals surface area contributed by atoms with Crippen molar-refractivity contribution in [2.45, 2.75) is 39.0 Å². The Morgan fingerprint density at radius 1 is 1.33 bits per heavy atom. The van der Waals surface area contributed by atoms with Gasteiger partial charge in [0.05, 0.1) is 0 Å². The molecule has 0 aromatic heterocycles. The van der Waals surface area contributed by atoms with Crippen molar-refractivity contribution in [3.63, 3.8) is 0 Å². The van der Waals surface area contributed by atoms with Gasteiger partial charge in [-0.15, -0.1) is 0 Å². The minimum absolute atomic E-state index is 0.273. The van der Waals surface area contributed by atoms with Gasteiger partial charge < -0.3 is 0 Å². The molecule has 0 radical (unpaired) electrons. The SMILES string of the molecule is Cc1ccc(C(=O)CC2CC3CCC2C3)cc1Cl. The second-order valence-corrected chi connectivity index (χ2v) is 6.43. The number of ketones is 1. The van der Waals surface area contributed by atoms with Gasteiger partial charge in [-0.25, -0.2) is 0 Å². The van der Waals surface area contributed by atoms with Crippen molar-refractivity contribution >= 4 is 17.4 Å². The molecule has 0 heterocycles. The number of hydrogen-bond donors (Lipinski definition) is 0. The number of Topliss-reactive ketones (excluding diaryl/α,β-unsaturated/α-hetero) is 1. The molecule has 0 spiro atoms. The molecule has 2 heteroatoms. The van der Waals surface area contributed by atoms with Crippen LogP contribution in [0, 0.1) is 24.7 Å². The Hall–Kier alpha value is -0.820. The molecule has 3 unspecified atom stereocenters. The second-order valence-electron chi connectivity index (χ2n) is 6.03. The van der Waals surface area contributed by atoms with Crippen molar-refractivity contribution in [3.8, 4) is 0 Å². The Balaban J connectivity index is 1.69. The van der Waals surface area contributed by atoms with Gasteiger partial charge in [0, 0.05) is 17.0 Å². The fourth-order valence-electron chi connectivity index (χ4n) is 3.75. The fourth-order valence-corrected chi connectivity index (χ4v) is 3.93. The van der Waals surface area contributed by atoms with Crippen LogP contribution < -0.4 is 0 Å². The lowest BCUT2D eigenvalue weighted by molar-refractivity contribution is 0.0944. The molecule has 1 aromatic rings. The smallest absolute Gasteiger partial charge is 0.163 e. The summed E-state index contributed by atoms with van der Waals surface area (Å²) in [6.07, 6.45) is 6.10. The summed E-state index contributed by atoms with van der Waals surface area (Å²) in [7, 11) is 0. The van der Waals surface area contributed by atoms with E-state index in [1.807, 2.05) is 25.1 Å². The zero-order valence-electron chi connectivity index (χ0n) is 10.8. The van der Waals surface area contributed by atoms with E-state index in [0.29, 0.717) is 10.9 Å². The first-order valence-corrected chi connectivity index (χ1v) is 7.30. The molecule has 1 nitrogen and oxygen atoms in total. The topological polar surface area (TPSA) is 17.1 Å². The number of aryl methyl sites for hydroxylation is 1. The highest BCUT2D eigenvalue weighted by atomic mass is 35.5.